The van der Waals surface area contributed by atoms with E-state index >= 15 is 0 Å². The number of benzene rings is 2. The Morgan fingerprint density at radius 1 is 1.12 bits per heavy atom. The highest BCUT2D eigenvalue weighted by molar-refractivity contribution is 6.34. The number of nitriles is 1. The minimum Gasteiger partial charge on any atom is -0.324 e. The van der Waals surface area contributed by atoms with Crippen LogP contribution in [0.25, 0.3) is 16.6 Å². The summed E-state index contributed by atoms with van der Waals surface area (Å²) in [4.78, 5) is 35.2. The van der Waals surface area contributed by atoms with Crippen LogP contribution in [0, 0.1) is 25.2 Å². The third-order valence-corrected chi connectivity index (χ3v) is 6.52. The van der Waals surface area contributed by atoms with Crippen molar-refractivity contribution < 1.29 is 8.78 Å². The molecule has 0 aliphatic carbocycles. The van der Waals surface area contributed by atoms with E-state index in [2.05, 4.69) is 26.5 Å². The quantitative estimate of drug-likeness (QED) is 0.313. The number of rotatable bonds is 7. The fourth-order valence-electron chi connectivity index (χ4n) is 4.24. The van der Waals surface area contributed by atoms with Crippen LogP contribution in [0.4, 0.5) is 20.4 Å². The first kappa shape index (κ1) is 26.7. The number of halogens is 3. The van der Waals surface area contributed by atoms with Crippen molar-refractivity contribution in [1.82, 2.24) is 28.9 Å². The van der Waals surface area contributed by atoms with E-state index in [1.165, 1.54) is 23.0 Å². The summed E-state index contributed by atoms with van der Waals surface area (Å²) >= 11 is 6.47. The standard InChI is InChI=1S/C27H21ClF2N8O2/c1-15-5-20(11-32-10-15)38-26(39)34-25(37(27(38)40)13-18-6-17(9-31)4-3-16(18)2)33-23-7-19-12-36(14-24(29)30)35-22(19)8-21(23)28/h3-8,10-12,24H,13-14H2,1-2H3,(H,33,34,39). The molecule has 202 valence electrons. The molecule has 0 atom stereocenters. The van der Waals surface area contributed by atoms with E-state index in [1.807, 2.05) is 6.92 Å². The summed E-state index contributed by atoms with van der Waals surface area (Å²) in [7, 11) is 0. The maximum atomic E-state index is 13.8. The number of anilines is 2. The molecule has 0 bridgehead atoms. The molecule has 5 rings (SSSR count). The Morgan fingerprint density at radius 2 is 1.93 bits per heavy atom. The number of nitrogens with one attached hydrogen (secondary N) is 1. The Kier molecular flexibility index (Phi) is 7.15. The van der Waals surface area contributed by atoms with E-state index in [4.69, 9.17) is 11.6 Å². The Hall–Kier alpha value is -4.89. The summed E-state index contributed by atoms with van der Waals surface area (Å²) in [6.07, 6.45) is 1.84. The lowest BCUT2D eigenvalue weighted by Crippen LogP contribution is -2.42. The molecule has 3 aromatic heterocycles. The Bertz CT molecular complexity index is 1920. The molecule has 0 aliphatic rings. The maximum Gasteiger partial charge on any atom is 0.359 e. The Morgan fingerprint density at radius 3 is 2.65 bits per heavy atom. The second-order valence-corrected chi connectivity index (χ2v) is 9.56. The average molecular weight is 563 g/mol. The lowest BCUT2D eigenvalue weighted by atomic mass is 10.1. The van der Waals surface area contributed by atoms with Gasteiger partial charge in [0.1, 0.15) is 6.54 Å². The molecule has 13 heteroatoms. The SMILES string of the molecule is Cc1cncc(-n2c(=O)nc(Nc3cc4cn(CC(F)F)nc4cc3Cl)n(Cc3cc(C#N)ccc3C)c2=O)c1. The highest BCUT2D eigenvalue weighted by Gasteiger charge is 2.18. The number of aromatic nitrogens is 6. The molecular formula is C27H21ClF2N8O2. The van der Waals surface area contributed by atoms with E-state index in [-0.39, 0.29) is 28.9 Å². The minimum atomic E-state index is -2.58. The Balaban J connectivity index is 1.66. The highest BCUT2D eigenvalue weighted by Crippen LogP contribution is 2.30. The third-order valence-electron chi connectivity index (χ3n) is 6.21. The van der Waals surface area contributed by atoms with Crippen LogP contribution in [0.5, 0.6) is 0 Å². The van der Waals surface area contributed by atoms with E-state index in [0.717, 1.165) is 20.4 Å². The monoisotopic (exact) mass is 562 g/mol. The summed E-state index contributed by atoms with van der Waals surface area (Å²) in [5.41, 5.74) is 2.00. The summed E-state index contributed by atoms with van der Waals surface area (Å²) in [5.74, 6) is -0.102. The zero-order valence-corrected chi connectivity index (χ0v) is 22.0. The molecule has 2 aromatic carbocycles. The molecular weight excluding hydrogens is 542 g/mol. The molecule has 5 aromatic rings. The van der Waals surface area contributed by atoms with Gasteiger partial charge in [0, 0.05) is 17.8 Å². The molecule has 0 amide bonds. The molecule has 0 saturated heterocycles. The van der Waals surface area contributed by atoms with Gasteiger partial charge in [-0.15, -0.1) is 0 Å². The normalized spacial score (nSPS) is 11.2. The van der Waals surface area contributed by atoms with Crippen LogP contribution in [0.15, 0.2) is 64.6 Å². The summed E-state index contributed by atoms with van der Waals surface area (Å²) in [6, 6.07) is 11.9. The zero-order chi connectivity index (χ0) is 28.6. The minimum absolute atomic E-state index is 0.0266. The first-order chi connectivity index (χ1) is 19.1. The van der Waals surface area contributed by atoms with Gasteiger partial charge in [0.2, 0.25) is 5.95 Å². The third kappa shape index (κ3) is 5.32. The van der Waals surface area contributed by atoms with Crippen molar-refractivity contribution in [3.63, 3.8) is 0 Å². The fraction of sp³-hybridized carbons (Fsp3) is 0.185. The van der Waals surface area contributed by atoms with E-state index in [1.54, 1.807) is 43.5 Å². The van der Waals surface area contributed by atoms with Gasteiger partial charge in [-0.25, -0.2) is 22.9 Å². The Labute approximate surface area is 230 Å². The summed E-state index contributed by atoms with van der Waals surface area (Å²) in [5, 5.41) is 17.1. The van der Waals surface area contributed by atoms with E-state index in [0.29, 0.717) is 22.0 Å². The molecule has 0 aliphatic heterocycles. The molecule has 0 unspecified atom stereocenters. The average Bonchev–Trinajstić information content (AvgIpc) is 3.27. The van der Waals surface area contributed by atoms with Gasteiger partial charge in [-0.3, -0.25) is 14.2 Å². The van der Waals surface area contributed by atoms with Crippen LogP contribution in [0.2, 0.25) is 5.02 Å². The molecule has 0 fully saturated rings. The molecule has 0 spiro atoms. The first-order valence-electron chi connectivity index (χ1n) is 12.0. The van der Waals surface area contributed by atoms with Gasteiger partial charge in [-0.2, -0.15) is 15.3 Å². The van der Waals surface area contributed by atoms with Crippen LogP contribution in [-0.2, 0) is 13.1 Å². The molecule has 40 heavy (non-hydrogen) atoms. The van der Waals surface area contributed by atoms with Crippen LogP contribution in [0.3, 0.4) is 0 Å². The predicted octanol–water partition coefficient (Wildman–Crippen LogP) is 4.34. The van der Waals surface area contributed by atoms with Crippen molar-refractivity contribution >= 4 is 34.1 Å². The van der Waals surface area contributed by atoms with Crippen molar-refractivity contribution in [1.29, 1.82) is 5.26 Å². The van der Waals surface area contributed by atoms with Crippen LogP contribution < -0.4 is 16.7 Å². The molecule has 0 radical (unpaired) electrons. The molecule has 0 saturated carbocycles. The number of hydrogen-bond acceptors (Lipinski definition) is 7. The van der Waals surface area contributed by atoms with Gasteiger partial charge in [0.25, 0.3) is 6.43 Å². The molecule has 3 heterocycles. The van der Waals surface area contributed by atoms with Gasteiger partial charge in [0.05, 0.1) is 46.3 Å². The summed E-state index contributed by atoms with van der Waals surface area (Å²) < 4.78 is 29.0. The highest BCUT2D eigenvalue weighted by atomic mass is 35.5. The van der Waals surface area contributed by atoms with Gasteiger partial charge >= 0.3 is 11.4 Å². The van der Waals surface area contributed by atoms with Gasteiger partial charge in [-0.05, 0) is 60.9 Å². The number of hydrogen-bond donors (Lipinski definition) is 1. The molecule has 1 N–H and O–H groups in total. The number of aryl methyl sites for hydroxylation is 2. The van der Waals surface area contributed by atoms with E-state index < -0.39 is 24.3 Å². The lowest BCUT2D eigenvalue weighted by Gasteiger charge is -2.17. The van der Waals surface area contributed by atoms with Gasteiger partial charge in [0.15, 0.2) is 0 Å². The first-order valence-corrected chi connectivity index (χ1v) is 12.4. The van der Waals surface area contributed by atoms with Crippen LogP contribution >= 0.6 is 11.6 Å². The van der Waals surface area contributed by atoms with Gasteiger partial charge < -0.3 is 5.32 Å². The number of pyridine rings is 1. The smallest absolute Gasteiger partial charge is 0.324 e. The van der Waals surface area contributed by atoms with Crippen molar-refractivity contribution in [2.24, 2.45) is 0 Å². The largest absolute Gasteiger partial charge is 0.359 e. The second-order valence-electron chi connectivity index (χ2n) is 9.15. The zero-order valence-electron chi connectivity index (χ0n) is 21.3. The number of fused-ring (bicyclic) bond motifs is 1. The molecule has 10 nitrogen and oxygen atoms in total. The van der Waals surface area contributed by atoms with E-state index in [9.17, 15) is 23.6 Å². The van der Waals surface area contributed by atoms with Crippen molar-refractivity contribution in [3.05, 3.63) is 103 Å². The maximum absolute atomic E-state index is 13.8. The fourth-order valence-corrected chi connectivity index (χ4v) is 4.45. The lowest BCUT2D eigenvalue weighted by molar-refractivity contribution is 0.122. The number of alkyl halides is 2. The summed E-state index contributed by atoms with van der Waals surface area (Å²) in [6.45, 7) is 3.01. The van der Waals surface area contributed by atoms with Crippen LogP contribution in [-0.4, -0.2) is 35.3 Å². The van der Waals surface area contributed by atoms with Gasteiger partial charge in [-0.1, -0.05) is 17.7 Å². The van der Waals surface area contributed by atoms with Crippen LogP contribution in [0.1, 0.15) is 22.3 Å². The second kappa shape index (κ2) is 10.7. The van der Waals surface area contributed by atoms with Crippen molar-refractivity contribution in [3.8, 4) is 11.8 Å². The topological polar surface area (TPSA) is 123 Å². The van der Waals surface area contributed by atoms with Crippen molar-refractivity contribution in [2.45, 2.75) is 33.4 Å². The number of nitrogens with zero attached hydrogens (tertiary/aromatic N) is 7. The predicted molar refractivity (Wildman–Crippen MR) is 146 cm³/mol. The van der Waals surface area contributed by atoms with Crippen molar-refractivity contribution in [2.75, 3.05) is 5.32 Å².